The molecule has 0 saturated carbocycles. The van der Waals surface area contributed by atoms with Gasteiger partial charge in [-0.25, -0.2) is 9.78 Å². The van der Waals surface area contributed by atoms with Gasteiger partial charge in [-0.15, -0.1) is 0 Å². The fraction of sp³-hybridized carbons (Fsp3) is 0.143. The Morgan fingerprint density at radius 2 is 2.00 bits per heavy atom. The van der Waals surface area contributed by atoms with Crippen LogP contribution >= 0.6 is 0 Å². The third-order valence-corrected chi connectivity index (χ3v) is 2.75. The first kappa shape index (κ1) is 14.8. The van der Waals surface area contributed by atoms with Gasteiger partial charge in [-0.05, 0) is 29.8 Å². The van der Waals surface area contributed by atoms with Crippen molar-refractivity contribution in [2.24, 2.45) is 0 Å². The average molecular weight is 296 g/mol. The lowest BCUT2D eigenvalue weighted by Crippen LogP contribution is -2.09. The van der Waals surface area contributed by atoms with E-state index in [4.69, 9.17) is 5.11 Å². The highest BCUT2D eigenvalue weighted by atomic mass is 19.4. The number of aromatic nitrogens is 1. The second-order valence-corrected chi connectivity index (χ2v) is 4.26. The first-order valence-electron chi connectivity index (χ1n) is 5.96. The molecule has 0 aliphatic heterocycles. The molecule has 110 valence electrons. The van der Waals surface area contributed by atoms with Gasteiger partial charge in [-0.2, -0.15) is 13.2 Å². The van der Waals surface area contributed by atoms with Gasteiger partial charge in [0.25, 0.3) is 0 Å². The topological polar surface area (TPSA) is 62.2 Å². The van der Waals surface area contributed by atoms with Crippen molar-refractivity contribution in [3.05, 3.63) is 59.3 Å². The molecule has 1 aromatic heterocycles. The normalized spacial score (nSPS) is 11.2. The van der Waals surface area contributed by atoms with Crippen LogP contribution in [0.2, 0.25) is 0 Å². The highest BCUT2D eigenvalue weighted by molar-refractivity contribution is 5.92. The largest absolute Gasteiger partial charge is 0.478 e. The van der Waals surface area contributed by atoms with E-state index in [0.717, 1.165) is 12.1 Å². The molecule has 0 fully saturated rings. The first-order valence-corrected chi connectivity index (χ1v) is 5.96. The summed E-state index contributed by atoms with van der Waals surface area (Å²) in [6.07, 6.45) is -3.01. The van der Waals surface area contributed by atoms with E-state index in [9.17, 15) is 18.0 Å². The van der Waals surface area contributed by atoms with E-state index in [1.807, 2.05) is 0 Å². The molecule has 2 rings (SSSR count). The number of hydrogen-bond acceptors (Lipinski definition) is 3. The van der Waals surface area contributed by atoms with E-state index >= 15 is 0 Å². The summed E-state index contributed by atoms with van der Waals surface area (Å²) in [6, 6.07) is 7.65. The van der Waals surface area contributed by atoms with Crippen LogP contribution in [0.15, 0.2) is 42.6 Å². The Bertz CT molecular complexity index is 657. The summed E-state index contributed by atoms with van der Waals surface area (Å²) in [5.41, 5.74) is -0.405. The van der Waals surface area contributed by atoms with Crippen LogP contribution in [0.25, 0.3) is 0 Å². The van der Waals surface area contributed by atoms with Crippen molar-refractivity contribution in [3.63, 3.8) is 0 Å². The molecule has 4 nitrogen and oxygen atoms in total. The summed E-state index contributed by atoms with van der Waals surface area (Å²) < 4.78 is 37.8. The number of hydrogen-bond donors (Lipinski definition) is 2. The van der Waals surface area contributed by atoms with Crippen LogP contribution in [-0.2, 0) is 12.7 Å². The number of nitrogens with zero attached hydrogens (tertiary/aromatic N) is 1. The molecule has 7 heteroatoms. The second-order valence-electron chi connectivity index (χ2n) is 4.26. The van der Waals surface area contributed by atoms with Crippen molar-refractivity contribution >= 4 is 11.8 Å². The number of carboxylic acids is 1. The fourth-order valence-electron chi connectivity index (χ4n) is 1.76. The van der Waals surface area contributed by atoms with Crippen LogP contribution in [0, 0.1) is 0 Å². The van der Waals surface area contributed by atoms with Crippen molar-refractivity contribution in [3.8, 4) is 0 Å². The zero-order valence-corrected chi connectivity index (χ0v) is 10.7. The summed E-state index contributed by atoms with van der Waals surface area (Å²) in [5, 5.41) is 11.7. The maximum absolute atomic E-state index is 12.6. The van der Waals surface area contributed by atoms with E-state index in [-0.39, 0.29) is 17.9 Å². The van der Waals surface area contributed by atoms with Crippen molar-refractivity contribution in [2.75, 3.05) is 5.32 Å². The average Bonchev–Trinajstić information content (AvgIpc) is 2.45. The maximum Gasteiger partial charge on any atom is 0.416 e. The van der Waals surface area contributed by atoms with Crippen molar-refractivity contribution in [2.45, 2.75) is 12.7 Å². The maximum atomic E-state index is 12.6. The lowest BCUT2D eigenvalue weighted by atomic mass is 10.1. The lowest BCUT2D eigenvalue weighted by Gasteiger charge is -2.11. The molecule has 21 heavy (non-hydrogen) atoms. The Kier molecular flexibility index (Phi) is 4.11. The fourth-order valence-corrected chi connectivity index (χ4v) is 1.76. The Labute approximate surface area is 118 Å². The van der Waals surface area contributed by atoms with Crippen LogP contribution in [-0.4, -0.2) is 16.1 Å². The molecule has 0 saturated heterocycles. The number of carboxylic acid groups (broad SMARTS) is 1. The third kappa shape index (κ3) is 3.71. The summed E-state index contributed by atoms with van der Waals surface area (Å²) in [6.45, 7) is 0.0429. The van der Waals surface area contributed by atoms with Gasteiger partial charge in [0.1, 0.15) is 11.4 Å². The first-order chi connectivity index (χ1) is 9.88. The minimum Gasteiger partial charge on any atom is -0.478 e. The number of rotatable bonds is 4. The Morgan fingerprint density at radius 1 is 1.24 bits per heavy atom. The van der Waals surface area contributed by atoms with Gasteiger partial charge in [0.05, 0.1) is 5.56 Å². The predicted octanol–water partition coefficient (Wildman–Crippen LogP) is 3.41. The van der Waals surface area contributed by atoms with Crippen molar-refractivity contribution < 1.29 is 23.1 Å². The number of pyridine rings is 1. The zero-order chi connectivity index (χ0) is 15.5. The lowest BCUT2D eigenvalue weighted by molar-refractivity contribution is -0.137. The van der Waals surface area contributed by atoms with E-state index in [0.29, 0.717) is 5.56 Å². The number of anilines is 1. The smallest absolute Gasteiger partial charge is 0.416 e. The molecule has 1 heterocycles. The van der Waals surface area contributed by atoms with Crippen LogP contribution in [0.5, 0.6) is 0 Å². The molecule has 0 atom stereocenters. The molecule has 0 unspecified atom stereocenters. The number of halogens is 3. The Balaban J connectivity index is 2.16. The Morgan fingerprint density at radius 3 is 2.67 bits per heavy atom. The molecule has 0 amide bonds. The van der Waals surface area contributed by atoms with Gasteiger partial charge in [-0.1, -0.05) is 12.1 Å². The molecule has 2 aromatic rings. The van der Waals surface area contributed by atoms with Crippen molar-refractivity contribution in [1.82, 2.24) is 4.98 Å². The molecular formula is C14H11F3N2O2. The third-order valence-electron chi connectivity index (χ3n) is 2.75. The molecule has 0 spiro atoms. The number of aromatic carboxylic acids is 1. The number of carbonyl (C=O) groups is 1. The van der Waals surface area contributed by atoms with Crippen molar-refractivity contribution in [1.29, 1.82) is 0 Å². The van der Waals surface area contributed by atoms with Crippen LogP contribution in [0.3, 0.4) is 0 Å². The van der Waals surface area contributed by atoms with Crippen LogP contribution in [0.1, 0.15) is 21.5 Å². The van der Waals surface area contributed by atoms with Gasteiger partial charge >= 0.3 is 12.1 Å². The SMILES string of the molecule is O=C(O)c1cccnc1NCc1cccc(C(F)(F)F)c1. The predicted molar refractivity (Wildman–Crippen MR) is 70.0 cm³/mol. The minimum atomic E-state index is -4.41. The monoisotopic (exact) mass is 296 g/mol. The van der Waals surface area contributed by atoms with Gasteiger partial charge < -0.3 is 10.4 Å². The molecular weight excluding hydrogens is 285 g/mol. The standard InChI is InChI=1S/C14H11F3N2O2/c15-14(16,17)10-4-1-3-9(7-10)8-19-12-11(13(20)21)5-2-6-18-12/h1-7H,8H2,(H,18,19)(H,20,21). The summed E-state index contributed by atoms with van der Waals surface area (Å²) in [5.74, 6) is -1.04. The number of benzene rings is 1. The molecule has 1 aromatic carbocycles. The van der Waals surface area contributed by atoms with E-state index in [1.54, 1.807) is 0 Å². The summed E-state index contributed by atoms with van der Waals surface area (Å²) in [4.78, 5) is 14.9. The Hall–Kier alpha value is -2.57. The minimum absolute atomic E-state index is 0.0375. The van der Waals surface area contributed by atoms with Gasteiger partial charge in [0, 0.05) is 12.7 Å². The number of nitrogens with one attached hydrogen (secondary N) is 1. The van der Waals surface area contributed by atoms with E-state index < -0.39 is 17.7 Å². The summed E-state index contributed by atoms with van der Waals surface area (Å²) >= 11 is 0. The molecule has 0 aliphatic rings. The van der Waals surface area contributed by atoms with Gasteiger partial charge in [0.15, 0.2) is 0 Å². The summed E-state index contributed by atoms with van der Waals surface area (Å²) in [7, 11) is 0. The van der Waals surface area contributed by atoms with E-state index in [2.05, 4.69) is 10.3 Å². The second kappa shape index (κ2) is 5.82. The van der Waals surface area contributed by atoms with Gasteiger partial charge in [0.2, 0.25) is 0 Å². The van der Waals surface area contributed by atoms with Gasteiger partial charge in [-0.3, -0.25) is 0 Å². The highest BCUT2D eigenvalue weighted by Gasteiger charge is 2.30. The van der Waals surface area contributed by atoms with E-state index in [1.165, 1.54) is 30.5 Å². The molecule has 2 N–H and O–H groups in total. The molecule has 0 bridgehead atoms. The zero-order valence-electron chi connectivity index (χ0n) is 10.7. The van der Waals surface area contributed by atoms with Crippen LogP contribution in [0.4, 0.5) is 19.0 Å². The highest BCUT2D eigenvalue weighted by Crippen LogP contribution is 2.29. The molecule has 0 aliphatic carbocycles. The van der Waals surface area contributed by atoms with Crippen LogP contribution < -0.4 is 5.32 Å². The quantitative estimate of drug-likeness (QED) is 0.907. The number of alkyl halides is 3. The molecule has 0 radical (unpaired) electrons.